The van der Waals surface area contributed by atoms with Crippen LogP contribution in [0.3, 0.4) is 0 Å². The number of thioether (sulfide) groups is 1. The van der Waals surface area contributed by atoms with E-state index >= 15 is 0 Å². The van der Waals surface area contributed by atoms with Gasteiger partial charge in [0.25, 0.3) is 11.1 Å². The number of imide groups is 1. The van der Waals surface area contributed by atoms with Crippen molar-refractivity contribution in [1.29, 1.82) is 0 Å². The molecule has 152 valence electrons. The Morgan fingerprint density at radius 3 is 2.67 bits per heavy atom. The molecule has 2 amide bonds. The van der Waals surface area contributed by atoms with Crippen molar-refractivity contribution in [3.8, 4) is 17.1 Å². The summed E-state index contributed by atoms with van der Waals surface area (Å²) < 4.78 is 11.2. The molecular weight excluding hydrogens is 445 g/mol. The molecule has 0 N–H and O–H groups in total. The average Bonchev–Trinajstić information content (AvgIpc) is 3.30. The number of furan rings is 1. The van der Waals surface area contributed by atoms with Crippen LogP contribution in [0.5, 0.6) is 5.75 Å². The molecule has 0 spiro atoms. The van der Waals surface area contributed by atoms with Gasteiger partial charge in [-0.05, 0) is 53.7 Å². The highest BCUT2D eigenvalue weighted by Gasteiger charge is 2.35. The molecule has 0 atom stereocenters. The second-order valence-corrected chi connectivity index (χ2v) is 8.24. The zero-order valence-corrected chi connectivity index (χ0v) is 18.1. The largest absolute Gasteiger partial charge is 0.496 e. The van der Waals surface area contributed by atoms with E-state index in [4.69, 9.17) is 32.4 Å². The predicted octanol–water partition coefficient (Wildman–Crippen LogP) is 6.50. The molecule has 1 aliphatic rings. The number of hydrogen-bond donors (Lipinski definition) is 0. The Kier molecular flexibility index (Phi) is 5.90. The number of halogens is 2. The lowest BCUT2D eigenvalue weighted by Gasteiger charge is -2.13. The van der Waals surface area contributed by atoms with Crippen LogP contribution in [0.1, 0.15) is 11.3 Å². The van der Waals surface area contributed by atoms with Crippen LogP contribution >= 0.6 is 35.0 Å². The third-order valence-electron chi connectivity index (χ3n) is 4.49. The molecule has 30 heavy (non-hydrogen) atoms. The van der Waals surface area contributed by atoms with Crippen LogP contribution < -0.4 is 4.74 Å². The van der Waals surface area contributed by atoms with Gasteiger partial charge in [-0.25, -0.2) is 0 Å². The Morgan fingerprint density at radius 1 is 1.10 bits per heavy atom. The molecule has 0 saturated carbocycles. The van der Waals surface area contributed by atoms with Crippen LogP contribution in [0.25, 0.3) is 17.4 Å². The van der Waals surface area contributed by atoms with Gasteiger partial charge in [0.05, 0.1) is 24.1 Å². The fraction of sp³-hybridized carbons (Fsp3) is 0.0909. The Balaban J connectivity index is 1.58. The number of carbonyl (C=O) groups is 2. The summed E-state index contributed by atoms with van der Waals surface area (Å²) in [5.41, 5.74) is 1.40. The van der Waals surface area contributed by atoms with Crippen molar-refractivity contribution in [3.05, 3.63) is 80.9 Å². The maximum Gasteiger partial charge on any atom is 0.293 e. The van der Waals surface area contributed by atoms with E-state index < -0.39 is 0 Å². The first kappa shape index (κ1) is 20.6. The standard InChI is InChI=1S/C22H15Cl2NO4S/c1-28-18-8-6-14(23)10-16(18)19-9-7-15(29-19)11-20-21(26)25(22(27)30-20)12-13-4-2-3-5-17(13)24/h2-11H,12H2,1H3/b20-11+. The molecule has 1 aliphatic heterocycles. The molecule has 3 aromatic rings. The molecule has 0 unspecified atom stereocenters. The van der Waals surface area contributed by atoms with Gasteiger partial charge in [-0.3, -0.25) is 14.5 Å². The summed E-state index contributed by atoms with van der Waals surface area (Å²) in [4.78, 5) is 26.6. The Labute approximate surface area is 187 Å². The summed E-state index contributed by atoms with van der Waals surface area (Å²) in [6.45, 7) is 0.116. The van der Waals surface area contributed by atoms with E-state index in [1.165, 1.54) is 4.90 Å². The SMILES string of the molecule is COc1ccc(Cl)cc1-c1ccc(/C=C2/SC(=O)N(Cc3ccccc3Cl)C2=O)o1. The lowest BCUT2D eigenvalue weighted by Crippen LogP contribution is -2.27. The van der Waals surface area contributed by atoms with Crippen LogP contribution in [0.15, 0.2) is 63.9 Å². The van der Waals surface area contributed by atoms with E-state index in [9.17, 15) is 9.59 Å². The first-order chi connectivity index (χ1) is 14.5. The second-order valence-electron chi connectivity index (χ2n) is 6.41. The van der Waals surface area contributed by atoms with Crippen LogP contribution in [0, 0.1) is 0 Å². The van der Waals surface area contributed by atoms with Crippen molar-refractivity contribution in [2.75, 3.05) is 7.11 Å². The van der Waals surface area contributed by atoms with Crippen LogP contribution in [0.2, 0.25) is 10.0 Å². The minimum Gasteiger partial charge on any atom is -0.496 e. The number of hydrogen-bond acceptors (Lipinski definition) is 5. The molecular formula is C22H15Cl2NO4S. The van der Waals surface area contributed by atoms with Gasteiger partial charge in [0, 0.05) is 16.1 Å². The third kappa shape index (κ3) is 4.12. The summed E-state index contributed by atoms with van der Waals surface area (Å²) in [5, 5.41) is 0.700. The number of ether oxygens (including phenoxy) is 1. The minimum atomic E-state index is -0.386. The molecule has 0 radical (unpaired) electrons. The van der Waals surface area contributed by atoms with E-state index in [2.05, 4.69) is 0 Å². The molecule has 5 nitrogen and oxygen atoms in total. The maximum absolute atomic E-state index is 12.8. The first-order valence-corrected chi connectivity index (χ1v) is 10.5. The summed E-state index contributed by atoms with van der Waals surface area (Å²) in [5.74, 6) is 1.20. The van der Waals surface area contributed by atoms with Crippen LogP contribution in [-0.4, -0.2) is 23.2 Å². The van der Waals surface area contributed by atoms with E-state index in [0.717, 1.165) is 11.8 Å². The molecule has 0 bridgehead atoms. The molecule has 2 heterocycles. The fourth-order valence-electron chi connectivity index (χ4n) is 3.01. The lowest BCUT2D eigenvalue weighted by atomic mass is 10.1. The summed E-state index contributed by atoms with van der Waals surface area (Å²) >= 11 is 13.1. The zero-order chi connectivity index (χ0) is 21.3. The van der Waals surface area contributed by atoms with Crippen molar-refractivity contribution in [2.45, 2.75) is 6.54 Å². The monoisotopic (exact) mass is 459 g/mol. The smallest absolute Gasteiger partial charge is 0.293 e. The number of nitrogens with zero attached hydrogens (tertiary/aromatic N) is 1. The van der Waals surface area contributed by atoms with Gasteiger partial charge < -0.3 is 9.15 Å². The normalized spacial score (nSPS) is 15.3. The topological polar surface area (TPSA) is 59.8 Å². The number of benzene rings is 2. The number of amides is 2. The van der Waals surface area contributed by atoms with E-state index in [0.29, 0.717) is 38.4 Å². The fourth-order valence-corrected chi connectivity index (χ4v) is 4.20. The third-order valence-corrected chi connectivity index (χ3v) is 6.00. The van der Waals surface area contributed by atoms with Gasteiger partial charge in [0.2, 0.25) is 0 Å². The average molecular weight is 460 g/mol. The zero-order valence-electron chi connectivity index (χ0n) is 15.7. The molecule has 0 aliphatic carbocycles. The first-order valence-electron chi connectivity index (χ1n) is 8.89. The van der Waals surface area contributed by atoms with Crippen molar-refractivity contribution < 1.29 is 18.7 Å². The van der Waals surface area contributed by atoms with Crippen molar-refractivity contribution in [3.63, 3.8) is 0 Å². The van der Waals surface area contributed by atoms with Crippen molar-refractivity contribution >= 4 is 52.2 Å². The van der Waals surface area contributed by atoms with Crippen LogP contribution in [-0.2, 0) is 11.3 Å². The minimum absolute atomic E-state index is 0.116. The highest BCUT2D eigenvalue weighted by molar-refractivity contribution is 8.18. The lowest BCUT2D eigenvalue weighted by molar-refractivity contribution is -0.123. The Morgan fingerprint density at radius 2 is 1.90 bits per heavy atom. The molecule has 4 rings (SSSR count). The molecule has 1 fully saturated rings. The van der Waals surface area contributed by atoms with Gasteiger partial charge in [0.15, 0.2) is 0 Å². The maximum atomic E-state index is 12.8. The Bertz CT molecular complexity index is 1170. The molecule has 8 heteroatoms. The number of methoxy groups -OCH3 is 1. The van der Waals surface area contributed by atoms with Gasteiger partial charge in [0.1, 0.15) is 17.3 Å². The predicted molar refractivity (Wildman–Crippen MR) is 119 cm³/mol. The Hall–Kier alpha value is -2.67. The van der Waals surface area contributed by atoms with E-state index in [1.807, 2.05) is 6.07 Å². The summed E-state index contributed by atoms with van der Waals surface area (Å²) in [7, 11) is 1.56. The van der Waals surface area contributed by atoms with E-state index in [1.54, 1.807) is 61.7 Å². The van der Waals surface area contributed by atoms with Crippen LogP contribution in [0.4, 0.5) is 4.79 Å². The van der Waals surface area contributed by atoms with Gasteiger partial charge in [-0.1, -0.05) is 41.4 Å². The van der Waals surface area contributed by atoms with Gasteiger partial charge >= 0.3 is 0 Å². The number of carbonyl (C=O) groups excluding carboxylic acids is 2. The highest BCUT2D eigenvalue weighted by Crippen LogP contribution is 2.37. The quantitative estimate of drug-likeness (QED) is 0.407. The molecule has 1 aromatic heterocycles. The molecule has 1 saturated heterocycles. The highest BCUT2D eigenvalue weighted by atomic mass is 35.5. The number of rotatable bonds is 5. The second kappa shape index (κ2) is 8.60. The van der Waals surface area contributed by atoms with E-state index in [-0.39, 0.29) is 22.6 Å². The summed E-state index contributed by atoms with van der Waals surface area (Å²) in [6, 6.07) is 15.8. The molecule has 2 aromatic carbocycles. The summed E-state index contributed by atoms with van der Waals surface area (Å²) in [6.07, 6.45) is 1.55. The van der Waals surface area contributed by atoms with Crippen molar-refractivity contribution in [1.82, 2.24) is 4.90 Å². The van der Waals surface area contributed by atoms with Crippen molar-refractivity contribution in [2.24, 2.45) is 0 Å². The van der Waals surface area contributed by atoms with Gasteiger partial charge in [-0.15, -0.1) is 0 Å². The van der Waals surface area contributed by atoms with Gasteiger partial charge in [-0.2, -0.15) is 0 Å².